The Morgan fingerprint density at radius 3 is 2.39 bits per heavy atom. The van der Waals surface area contributed by atoms with Crippen molar-refractivity contribution in [1.29, 1.82) is 0 Å². The predicted molar refractivity (Wildman–Crippen MR) is 123 cm³/mol. The van der Waals surface area contributed by atoms with Crippen molar-refractivity contribution in [1.82, 2.24) is 14.9 Å². The van der Waals surface area contributed by atoms with E-state index in [1.165, 1.54) is 0 Å². The smallest absolute Gasteiger partial charge is 0.270 e. The Morgan fingerprint density at radius 1 is 1.10 bits per heavy atom. The first-order chi connectivity index (χ1) is 14.6. The zero-order valence-electron chi connectivity index (χ0n) is 17.3. The maximum Gasteiger partial charge on any atom is 0.270 e. The zero-order valence-corrected chi connectivity index (χ0v) is 19.7. The summed E-state index contributed by atoms with van der Waals surface area (Å²) in [7, 11) is -3.87. The summed E-state index contributed by atoms with van der Waals surface area (Å²) in [5.41, 5.74) is 1.28. The van der Waals surface area contributed by atoms with Crippen molar-refractivity contribution in [2.75, 3.05) is 5.32 Å². The second kappa shape index (κ2) is 9.44. The van der Waals surface area contributed by atoms with Crippen molar-refractivity contribution in [2.24, 2.45) is 0 Å². The molecule has 1 atom stereocenters. The second-order valence-corrected chi connectivity index (χ2v) is 11.1. The number of rotatable bonds is 8. The minimum atomic E-state index is -3.87. The molecule has 31 heavy (non-hydrogen) atoms. The maximum absolute atomic E-state index is 12.7. The third-order valence-electron chi connectivity index (χ3n) is 4.69. The van der Waals surface area contributed by atoms with Crippen LogP contribution in [-0.2, 0) is 15.4 Å². The minimum absolute atomic E-state index is 0.0950. The molecule has 7 nitrogen and oxygen atoms in total. The number of sulfonamides is 1. The molecule has 0 bridgehead atoms. The van der Waals surface area contributed by atoms with Crippen molar-refractivity contribution in [3.63, 3.8) is 0 Å². The van der Waals surface area contributed by atoms with Crippen LogP contribution in [0.15, 0.2) is 58.9 Å². The van der Waals surface area contributed by atoms with Gasteiger partial charge in [-0.1, -0.05) is 67.1 Å². The molecular formula is C21H23ClN4O3S2. The van der Waals surface area contributed by atoms with Crippen LogP contribution in [0.4, 0.5) is 5.13 Å². The van der Waals surface area contributed by atoms with E-state index < -0.39 is 15.9 Å². The number of carbonyl (C=O) groups is 1. The Bertz CT molecular complexity index is 1150. The lowest BCUT2D eigenvalue weighted by Gasteiger charge is -2.28. The zero-order chi connectivity index (χ0) is 22.6. The third kappa shape index (κ3) is 6.10. The number of amides is 1. The molecule has 1 aromatic heterocycles. The van der Waals surface area contributed by atoms with Gasteiger partial charge in [-0.25, -0.2) is 13.1 Å². The molecule has 0 saturated heterocycles. The highest BCUT2D eigenvalue weighted by atomic mass is 35.5. The Morgan fingerprint density at radius 2 is 1.74 bits per heavy atom. The average Bonchev–Trinajstić information content (AvgIpc) is 3.18. The van der Waals surface area contributed by atoms with Crippen LogP contribution in [0.1, 0.15) is 43.1 Å². The Hall–Kier alpha value is -2.33. The molecule has 3 aromatic rings. The summed E-state index contributed by atoms with van der Waals surface area (Å²) in [4.78, 5) is 12.3. The fraction of sp³-hybridized carbons (Fsp3) is 0.286. The van der Waals surface area contributed by atoms with Crippen molar-refractivity contribution >= 4 is 44.0 Å². The van der Waals surface area contributed by atoms with E-state index in [1.807, 2.05) is 37.3 Å². The first-order valence-electron chi connectivity index (χ1n) is 9.55. The van der Waals surface area contributed by atoms with Gasteiger partial charge in [0, 0.05) is 16.6 Å². The van der Waals surface area contributed by atoms with E-state index in [-0.39, 0.29) is 20.9 Å². The van der Waals surface area contributed by atoms with Gasteiger partial charge in [0.25, 0.3) is 15.9 Å². The molecule has 10 heteroatoms. The largest absolute Gasteiger partial charge is 0.296 e. The number of nitrogens with one attached hydrogen (secondary N) is 2. The maximum atomic E-state index is 12.7. The fourth-order valence-electron chi connectivity index (χ4n) is 3.27. The summed E-state index contributed by atoms with van der Waals surface area (Å²) in [6.07, 6.45) is 0.592. The first-order valence-corrected chi connectivity index (χ1v) is 12.2. The summed E-state index contributed by atoms with van der Waals surface area (Å²) in [5.74, 6) is -0.428. The van der Waals surface area contributed by atoms with Gasteiger partial charge in [0.1, 0.15) is 0 Å². The number of hydrogen-bond donors (Lipinski definition) is 2. The highest BCUT2D eigenvalue weighted by Gasteiger charge is 2.28. The van der Waals surface area contributed by atoms with Gasteiger partial charge in [0.05, 0.1) is 0 Å². The van der Waals surface area contributed by atoms with Crippen molar-refractivity contribution in [3.8, 4) is 0 Å². The fourth-order valence-corrected chi connectivity index (χ4v) is 5.55. The lowest BCUT2D eigenvalue weighted by atomic mass is 9.79. The molecule has 0 aliphatic carbocycles. The molecule has 1 heterocycles. The van der Waals surface area contributed by atoms with Crippen LogP contribution in [-0.4, -0.2) is 30.6 Å². The topological polar surface area (TPSA) is 101 Å². The lowest BCUT2D eigenvalue weighted by molar-refractivity contribution is 0.102. The molecule has 0 radical (unpaired) electrons. The number of aromatic nitrogens is 2. The van der Waals surface area contributed by atoms with Crippen LogP contribution in [0, 0.1) is 0 Å². The highest BCUT2D eigenvalue weighted by molar-refractivity contribution is 7.91. The average molecular weight is 479 g/mol. The van der Waals surface area contributed by atoms with E-state index in [2.05, 4.69) is 34.1 Å². The molecule has 2 N–H and O–H groups in total. The highest BCUT2D eigenvalue weighted by Crippen LogP contribution is 2.29. The second-order valence-electron chi connectivity index (χ2n) is 7.81. The summed E-state index contributed by atoms with van der Waals surface area (Å²) < 4.78 is 27.9. The van der Waals surface area contributed by atoms with Gasteiger partial charge in [-0.3, -0.25) is 10.1 Å². The van der Waals surface area contributed by atoms with Gasteiger partial charge in [-0.2, -0.15) is 0 Å². The number of benzene rings is 2. The van der Waals surface area contributed by atoms with Crippen molar-refractivity contribution in [3.05, 3.63) is 70.7 Å². The first kappa shape index (κ1) is 23.3. The summed E-state index contributed by atoms with van der Waals surface area (Å²) in [6.45, 7) is 5.96. The van der Waals surface area contributed by atoms with Gasteiger partial charge < -0.3 is 0 Å². The molecule has 1 amide bonds. The molecule has 0 saturated carbocycles. The molecule has 0 aliphatic rings. The van der Waals surface area contributed by atoms with Gasteiger partial charge >= 0.3 is 0 Å². The number of anilines is 1. The Balaban J connectivity index is 1.65. The lowest BCUT2D eigenvalue weighted by Crippen LogP contribution is -2.37. The molecular weight excluding hydrogens is 456 g/mol. The molecule has 0 fully saturated rings. The third-order valence-corrected chi connectivity index (χ3v) is 7.74. The number of hydrogen-bond acceptors (Lipinski definition) is 6. The quantitative estimate of drug-likeness (QED) is 0.465. The normalized spacial score (nSPS) is 13.0. The molecule has 0 aliphatic heterocycles. The molecule has 164 valence electrons. The van der Waals surface area contributed by atoms with Crippen LogP contribution < -0.4 is 10.0 Å². The van der Waals surface area contributed by atoms with Crippen LogP contribution in [0.5, 0.6) is 0 Å². The van der Waals surface area contributed by atoms with Crippen molar-refractivity contribution < 1.29 is 13.2 Å². The van der Waals surface area contributed by atoms with Crippen LogP contribution in [0.3, 0.4) is 0 Å². The number of carbonyl (C=O) groups excluding carboxylic acids is 1. The molecule has 3 rings (SSSR count). The van der Waals surface area contributed by atoms with Crippen molar-refractivity contribution in [2.45, 2.75) is 43.0 Å². The summed E-state index contributed by atoms with van der Waals surface area (Å²) in [6, 6.07) is 15.9. The monoisotopic (exact) mass is 478 g/mol. The molecule has 0 unspecified atom stereocenters. The minimum Gasteiger partial charge on any atom is -0.296 e. The van der Waals surface area contributed by atoms with Crippen LogP contribution in [0.25, 0.3) is 0 Å². The van der Waals surface area contributed by atoms with E-state index in [4.69, 9.17) is 11.6 Å². The van der Waals surface area contributed by atoms with E-state index in [9.17, 15) is 13.2 Å². The number of halogens is 1. The summed E-state index contributed by atoms with van der Waals surface area (Å²) in [5, 5.41) is 10.7. The Kier molecular flexibility index (Phi) is 7.10. The van der Waals surface area contributed by atoms with Gasteiger partial charge in [0.15, 0.2) is 0 Å². The summed E-state index contributed by atoms with van der Waals surface area (Å²) >= 11 is 6.61. The predicted octanol–water partition coefficient (Wildman–Crippen LogP) is 4.48. The van der Waals surface area contributed by atoms with E-state index in [0.717, 1.165) is 16.9 Å². The molecule has 2 aromatic carbocycles. The van der Waals surface area contributed by atoms with Gasteiger partial charge in [-0.05, 0) is 48.6 Å². The van der Waals surface area contributed by atoms with E-state index in [1.54, 1.807) is 24.3 Å². The number of nitrogens with zero attached hydrogens (tertiary/aromatic N) is 2. The standard InChI is InChI=1S/C21H23ClN4O3S2/c1-14(13-21(2,3)16-7-5-4-6-8-16)26-31(28,29)20-25-24-19(30-20)23-18(27)15-9-11-17(22)12-10-15/h4-12,14,26H,13H2,1-3H3,(H,23,24,27)/t14-/m1/s1. The van der Waals surface area contributed by atoms with Crippen LogP contribution in [0.2, 0.25) is 5.02 Å². The van der Waals surface area contributed by atoms with Crippen LogP contribution >= 0.6 is 22.9 Å². The van der Waals surface area contributed by atoms with E-state index in [0.29, 0.717) is 17.0 Å². The SMILES string of the molecule is C[C@H](CC(C)(C)c1ccccc1)NS(=O)(=O)c1nnc(NC(=O)c2ccc(Cl)cc2)s1. The van der Waals surface area contributed by atoms with Gasteiger partial charge in [-0.15, -0.1) is 10.2 Å². The Labute approximate surface area is 190 Å². The van der Waals surface area contributed by atoms with Gasteiger partial charge in [0.2, 0.25) is 9.47 Å². The molecule has 0 spiro atoms. The van der Waals surface area contributed by atoms with E-state index >= 15 is 0 Å².